The van der Waals surface area contributed by atoms with E-state index >= 15 is 0 Å². The van der Waals surface area contributed by atoms with Crippen LogP contribution in [-0.4, -0.2) is 20.9 Å². The number of alkyl halides is 1. The average molecular weight is 267 g/mol. The van der Waals surface area contributed by atoms with Crippen LogP contribution in [0.3, 0.4) is 0 Å². The molecule has 0 saturated carbocycles. The molecule has 1 aliphatic heterocycles. The van der Waals surface area contributed by atoms with Crippen LogP contribution in [0.25, 0.3) is 0 Å². The van der Waals surface area contributed by atoms with Crippen LogP contribution in [0.15, 0.2) is 0 Å². The van der Waals surface area contributed by atoms with Gasteiger partial charge in [-0.15, -0.1) is 0 Å². The molecule has 3 heteroatoms. The van der Waals surface area contributed by atoms with Gasteiger partial charge in [-0.2, -0.15) is 0 Å². The first-order valence-corrected chi connectivity index (χ1v) is 5.15. The molecule has 0 aliphatic carbocycles. The zero-order valence-corrected chi connectivity index (χ0v) is 9.22. The van der Waals surface area contributed by atoms with Gasteiger partial charge in [-0.3, -0.25) is 4.79 Å². The molecule has 1 heterocycles. The molecule has 1 saturated heterocycles. The Balaban J connectivity index is 2.72. The SMILES string of the molecule is CC[C@@]1(I)CCCN1C(C)=O. The second-order valence-electron chi connectivity index (χ2n) is 3.05. The van der Waals surface area contributed by atoms with E-state index in [4.69, 9.17) is 0 Å². The van der Waals surface area contributed by atoms with E-state index in [-0.39, 0.29) is 9.45 Å². The van der Waals surface area contributed by atoms with Crippen molar-refractivity contribution in [3.63, 3.8) is 0 Å². The number of amides is 1. The lowest BCUT2D eigenvalue weighted by atomic mass is 10.2. The van der Waals surface area contributed by atoms with Gasteiger partial charge in [-0.25, -0.2) is 0 Å². The molecular formula is C8H14INO. The standard InChI is InChI=1S/C8H14INO/c1-3-8(9)5-4-6-10(8)7(2)11/h3-6H2,1-2H3/t8-/m0/s1. The second-order valence-corrected chi connectivity index (χ2v) is 5.05. The monoisotopic (exact) mass is 267 g/mol. The third-order valence-electron chi connectivity index (χ3n) is 2.35. The molecule has 1 fully saturated rings. The average Bonchev–Trinajstić information content (AvgIpc) is 2.32. The van der Waals surface area contributed by atoms with E-state index in [9.17, 15) is 4.79 Å². The molecule has 0 unspecified atom stereocenters. The summed E-state index contributed by atoms with van der Waals surface area (Å²) in [7, 11) is 0. The van der Waals surface area contributed by atoms with Crippen molar-refractivity contribution >= 4 is 28.5 Å². The Hall–Kier alpha value is 0.200. The number of halogens is 1. The highest BCUT2D eigenvalue weighted by atomic mass is 127. The normalized spacial score (nSPS) is 31.0. The first-order valence-electron chi connectivity index (χ1n) is 4.07. The Morgan fingerprint density at radius 3 is 2.73 bits per heavy atom. The fraction of sp³-hybridized carbons (Fsp3) is 0.875. The maximum absolute atomic E-state index is 11.1. The molecule has 64 valence electrons. The van der Waals surface area contributed by atoms with Gasteiger partial charge in [-0.1, -0.05) is 29.5 Å². The Labute approximate surface area is 81.5 Å². The fourth-order valence-corrected chi connectivity index (χ4v) is 2.61. The van der Waals surface area contributed by atoms with Crippen molar-refractivity contribution in [1.82, 2.24) is 4.90 Å². The van der Waals surface area contributed by atoms with E-state index in [1.807, 2.05) is 4.90 Å². The molecule has 0 radical (unpaired) electrons. The van der Waals surface area contributed by atoms with Crippen molar-refractivity contribution in [3.05, 3.63) is 0 Å². The van der Waals surface area contributed by atoms with Crippen LogP contribution in [0.1, 0.15) is 33.1 Å². The van der Waals surface area contributed by atoms with Crippen LogP contribution in [-0.2, 0) is 4.79 Å². The summed E-state index contributed by atoms with van der Waals surface area (Å²) in [6, 6.07) is 0. The Kier molecular flexibility index (Phi) is 2.78. The Bertz CT molecular complexity index is 171. The molecule has 0 bridgehead atoms. The molecular weight excluding hydrogens is 253 g/mol. The summed E-state index contributed by atoms with van der Waals surface area (Å²) in [6.45, 7) is 4.76. The maximum Gasteiger partial charge on any atom is 0.220 e. The molecule has 1 atom stereocenters. The number of likely N-dealkylation sites (tertiary alicyclic amines) is 1. The van der Waals surface area contributed by atoms with Gasteiger partial charge in [-0.05, 0) is 19.3 Å². The predicted molar refractivity (Wildman–Crippen MR) is 53.7 cm³/mol. The highest BCUT2D eigenvalue weighted by Gasteiger charge is 2.37. The highest BCUT2D eigenvalue weighted by molar-refractivity contribution is 14.1. The summed E-state index contributed by atoms with van der Waals surface area (Å²) < 4.78 is 0.129. The topological polar surface area (TPSA) is 20.3 Å². The summed E-state index contributed by atoms with van der Waals surface area (Å²) in [6.07, 6.45) is 3.38. The third kappa shape index (κ3) is 1.68. The second kappa shape index (κ2) is 3.29. The summed E-state index contributed by atoms with van der Waals surface area (Å²) in [5, 5.41) is 0. The molecule has 0 aromatic rings. The molecule has 2 nitrogen and oxygen atoms in total. The van der Waals surface area contributed by atoms with E-state index in [1.54, 1.807) is 6.92 Å². The minimum atomic E-state index is 0.129. The summed E-state index contributed by atoms with van der Waals surface area (Å²) in [5.41, 5.74) is 0. The largest absolute Gasteiger partial charge is 0.328 e. The van der Waals surface area contributed by atoms with Crippen molar-refractivity contribution in [2.24, 2.45) is 0 Å². The molecule has 1 amide bonds. The lowest BCUT2D eigenvalue weighted by molar-refractivity contribution is -0.130. The zero-order chi connectivity index (χ0) is 8.48. The van der Waals surface area contributed by atoms with Gasteiger partial charge in [0.05, 0.1) is 3.55 Å². The zero-order valence-electron chi connectivity index (χ0n) is 7.06. The minimum absolute atomic E-state index is 0.129. The molecule has 11 heavy (non-hydrogen) atoms. The molecule has 0 aromatic carbocycles. The summed E-state index contributed by atoms with van der Waals surface area (Å²) in [5.74, 6) is 0.221. The molecule has 1 aliphatic rings. The van der Waals surface area contributed by atoms with Crippen molar-refractivity contribution in [3.8, 4) is 0 Å². The minimum Gasteiger partial charge on any atom is -0.328 e. The van der Waals surface area contributed by atoms with Gasteiger partial charge in [0.2, 0.25) is 5.91 Å². The van der Waals surface area contributed by atoms with E-state index in [0.717, 1.165) is 25.8 Å². The van der Waals surface area contributed by atoms with Crippen LogP contribution in [0.2, 0.25) is 0 Å². The van der Waals surface area contributed by atoms with Crippen LogP contribution in [0.4, 0.5) is 0 Å². The van der Waals surface area contributed by atoms with Crippen LogP contribution < -0.4 is 0 Å². The summed E-state index contributed by atoms with van der Waals surface area (Å²) >= 11 is 2.41. The first-order chi connectivity index (χ1) is 5.10. The van der Waals surface area contributed by atoms with Crippen molar-refractivity contribution in [2.75, 3.05) is 6.54 Å². The fourth-order valence-electron chi connectivity index (χ4n) is 1.65. The van der Waals surface area contributed by atoms with E-state index < -0.39 is 0 Å². The van der Waals surface area contributed by atoms with Crippen LogP contribution >= 0.6 is 22.6 Å². The number of nitrogens with zero attached hydrogens (tertiary/aromatic N) is 1. The smallest absolute Gasteiger partial charge is 0.220 e. The molecule has 0 spiro atoms. The predicted octanol–water partition coefficient (Wildman–Crippen LogP) is 2.17. The third-order valence-corrected chi connectivity index (χ3v) is 4.23. The van der Waals surface area contributed by atoms with Crippen molar-refractivity contribution in [1.29, 1.82) is 0 Å². The molecule has 1 rings (SSSR count). The lowest BCUT2D eigenvalue weighted by Crippen LogP contribution is -2.40. The van der Waals surface area contributed by atoms with Gasteiger partial charge >= 0.3 is 0 Å². The molecule has 0 aromatic heterocycles. The van der Waals surface area contributed by atoms with Crippen molar-refractivity contribution in [2.45, 2.75) is 36.7 Å². The van der Waals surface area contributed by atoms with E-state index in [2.05, 4.69) is 29.5 Å². The number of rotatable bonds is 1. The Morgan fingerprint density at radius 1 is 1.73 bits per heavy atom. The van der Waals surface area contributed by atoms with Gasteiger partial charge in [0.25, 0.3) is 0 Å². The van der Waals surface area contributed by atoms with E-state index in [1.165, 1.54) is 0 Å². The van der Waals surface area contributed by atoms with Gasteiger partial charge in [0.15, 0.2) is 0 Å². The van der Waals surface area contributed by atoms with E-state index in [0.29, 0.717) is 0 Å². The maximum atomic E-state index is 11.1. The number of carbonyl (C=O) groups is 1. The van der Waals surface area contributed by atoms with Gasteiger partial charge in [0, 0.05) is 13.5 Å². The lowest BCUT2D eigenvalue weighted by Gasteiger charge is -2.31. The van der Waals surface area contributed by atoms with Gasteiger partial charge in [0.1, 0.15) is 0 Å². The number of hydrogen-bond acceptors (Lipinski definition) is 1. The number of hydrogen-bond donors (Lipinski definition) is 0. The number of carbonyl (C=O) groups excluding carboxylic acids is 1. The van der Waals surface area contributed by atoms with Crippen molar-refractivity contribution < 1.29 is 4.79 Å². The van der Waals surface area contributed by atoms with Gasteiger partial charge < -0.3 is 4.90 Å². The first kappa shape index (κ1) is 9.29. The quantitative estimate of drug-likeness (QED) is 0.405. The van der Waals surface area contributed by atoms with Crippen LogP contribution in [0, 0.1) is 0 Å². The highest BCUT2D eigenvalue weighted by Crippen LogP contribution is 2.38. The molecule has 0 N–H and O–H groups in total. The summed E-state index contributed by atoms with van der Waals surface area (Å²) in [4.78, 5) is 13.1. The Morgan fingerprint density at radius 2 is 2.36 bits per heavy atom. The van der Waals surface area contributed by atoms with Crippen LogP contribution in [0.5, 0.6) is 0 Å².